The summed E-state index contributed by atoms with van der Waals surface area (Å²) in [6.07, 6.45) is 10.3. The lowest BCUT2D eigenvalue weighted by molar-refractivity contribution is -0.136. The molecule has 0 N–H and O–H groups in total. The molecule has 3 atom stereocenters. The molecule has 2 saturated carbocycles. The number of rotatable bonds is 4. The number of hydrogen-bond acceptors (Lipinski definition) is 1. The second-order valence-electron chi connectivity index (χ2n) is 6.12. The summed E-state index contributed by atoms with van der Waals surface area (Å²) >= 11 is 3.43. The Morgan fingerprint density at radius 2 is 1.89 bits per heavy atom. The van der Waals surface area contributed by atoms with Crippen molar-refractivity contribution in [2.75, 3.05) is 18.9 Å². The van der Waals surface area contributed by atoms with Gasteiger partial charge in [0.25, 0.3) is 0 Å². The van der Waals surface area contributed by atoms with Crippen LogP contribution in [0.2, 0.25) is 0 Å². The Morgan fingerprint density at radius 1 is 1.17 bits per heavy atom. The lowest BCUT2D eigenvalue weighted by atomic mass is 9.67. The van der Waals surface area contributed by atoms with Gasteiger partial charge in [-0.3, -0.25) is 4.79 Å². The molecule has 2 aliphatic rings. The number of halogens is 1. The van der Waals surface area contributed by atoms with Crippen LogP contribution in [-0.4, -0.2) is 29.7 Å². The van der Waals surface area contributed by atoms with Crippen molar-refractivity contribution in [2.24, 2.45) is 17.8 Å². The van der Waals surface area contributed by atoms with Gasteiger partial charge < -0.3 is 4.90 Å². The fourth-order valence-corrected chi connectivity index (χ4v) is 4.07. The predicted molar refractivity (Wildman–Crippen MR) is 78.8 cm³/mol. The van der Waals surface area contributed by atoms with Crippen LogP contribution in [0.3, 0.4) is 0 Å². The molecule has 0 aromatic rings. The molecule has 3 unspecified atom stereocenters. The first-order valence-electron chi connectivity index (χ1n) is 7.53. The van der Waals surface area contributed by atoms with E-state index in [4.69, 9.17) is 0 Å². The Kier molecular flexibility index (Phi) is 5.53. The van der Waals surface area contributed by atoms with E-state index < -0.39 is 0 Å². The molecule has 0 spiro atoms. The highest BCUT2D eigenvalue weighted by Gasteiger charge is 2.35. The summed E-state index contributed by atoms with van der Waals surface area (Å²) in [4.78, 5) is 14.3. The molecule has 1 amide bonds. The summed E-state index contributed by atoms with van der Waals surface area (Å²) in [5, 5.41) is 0.986. The minimum absolute atomic E-state index is 0.324. The van der Waals surface area contributed by atoms with Crippen molar-refractivity contribution in [3.63, 3.8) is 0 Å². The Bertz CT molecular complexity index is 282. The Morgan fingerprint density at radius 3 is 2.61 bits per heavy atom. The zero-order valence-electron chi connectivity index (χ0n) is 11.5. The molecule has 104 valence electrons. The first-order chi connectivity index (χ1) is 8.72. The molecule has 0 bridgehead atoms. The molecule has 0 aromatic carbocycles. The van der Waals surface area contributed by atoms with Gasteiger partial charge in [0.1, 0.15) is 0 Å². The second kappa shape index (κ2) is 6.93. The highest BCUT2D eigenvalue weighted by molar-refractivity contribution is 9.09. The van der Waals surface area contributed by atoms with Crippen LogP contribution in [0.1, 0.15) is 51.4 Å². The summed E-state index contributed by atoms with van der Waals surface area (Å²) < 4.78 is 0. The van der Waals surface area contributed by atoms with Crippen LogP contribution in [0.15, 0.2) is 0 Å². The molecule has 0 radical (unpaired) electrons. The Labute approximate surface area is 120 Å². The van der Waals surface area contributed by atoms with Crippen molar-refractivity contribution in [3.05, 3.63) is 0 Å². The third-order valence-electron chi connectivity index (χ3n) is 4.89. The van der Waals surface area contributed by atoms with Gasteiger partial charge in [-0.15, -0.1) is 0 Å². The SMILES string of the molecule is CN(CCCBr)C(=O)C1CCC2CCCCC2C1. The molecule has 2 aliphatic carbocycles. The molecule has 18 heavy (non-hydrogen) atoms. The summed E-state index contributed by atoms with van der Waals surface area (Å²) in [5.41, 5.74) is 0. The van der Waals surface area contributed by atoms with Crippen molar-refractivity contribution in [2.45, 2.75) is 51.4 Å². The molecule has 2 rings (SSSR count). The Hall–Kier alpha value is -0.0500. The number of nitrogens with zero attached hydrogens (tertiary/aromatic N) is 1. The van der Waals surface area contributed by atoms with Gasteiger partial charge in [0.05, 0.1) is 0 Å². The van der Waals surface area contributed by atoms with Crippen molar-refractivity contribution >= 4 is 21.8 Å². The van der Waals surface area contributed by atoms with E-state index in [2.05, 4.69) is 15.9 Å². The van der Waals surface area contributed by atoms with E-state index >= 15 is 0 Å². The number of hydrogen-bond donors (Lipinski definition) is 0. The predicted octanol–water partition coefficient (Wildman–Crippen LogP) is 3.84. The van der Waals surface area contributed by atoms with Gasteiger partial charge in [-0.2, -0.15) is 0 Å². The second-order valence-corrected chi connectivity index (χ2v) is 6.91. The lowest BCUT2D eigenvalue weighted by Gasteiger charge is -2.39. The molecule has 2 fully saturated rings. The van der Waals surface area contributed by atoms with Crippen LogP contribution in [0.5, 0.6) is 0 Å². The van der Waals surface area contributed by atoms with Crippen molar-refractivity contribution in [1.82, 2.24) is 4.90 Å². The van der Waals surface area contributed by atoms with Crippen LogP contribution in [0.4, 0.5) is 0 Å². The van der Waals surface area contributed by atoms with Gasteiger partial charge in [0, 0.05) is 24.8 Å². The number of carbonyl (C=O) groups is 1. The first-order valence-corrected chi connectivity index (χ1v) is 8.65. The maximum absolute atomic E-state index is 12.4. The average Bonchev–Trinajstić information content (AvgIpc) is 2.43. The van der Waals surface area contributed by atoms with E-state index in [0.29, 0.717) is 11.8 Å². The van der Waals surface area contributed by atoms with Crippen molar-refractivity contribution in [3.8, 4) is 0 Å². The molecule has 0 heterocycles. The standard InChI is InChI=1S/C15H26BrNO/c1-17(10-4-9-16)15(18)14-8-7-12-5-2-3-6-13(12)11-14/h12-14H,2-11H2,1H3. The fourth-order valence-electron chi connectivity index (χ4n) is 3.82. The number of amides is 1. The van der Waals surface area contributed by atoms with Gasteiger partial charge in [-0.25, -0.2) is 0 Å². The van der Waals surface area contributed by atoms with Crippen molar-refractivity contribution in [1.29, 1.82) is 0 Å². The van der Waals surface area contributed by atoms with E-state index in [9.17, 15) is 4.79 Å². The van der Waals surface area contributed by atoms with E-state index in [0.717, 1.165) is 36.6 Å². The van der Waals surface area contributed by atoms with E-state index in [1.807, 2.05) is 11.9 Å². The van der Waals surface area contributed by atoms with Gasteiger partial charge in [0.2, 0.25) is 5.91 Å². The van der Waals surface area contributed by atoms with Gasteiger partial charge in [-0.05, 0) is 37.5 Å². The van der Waals surface area contributed by atoms with Gasteiger partial charge >= 0.3 is 0 Å². The monoisotopic (exact) mass is 315 g/mol. The fraction of sp³-hybridized carbons (Fsp3) is 0.933. The first kappa shape index (κ1) is 14.4. The summed E-state index contributed by atoms with van der Waals surface area (Å²) in [7, 11) is 1.97. The Balaban J connectivity index is 1.84. The minimum Gasteiger partial charge on any atom is -0.345 e. The molecule has 0 aliphatic heterocycles. The number of alkyl halides is 1. The molecule has 2 nitrogen and oxygen atoms in total. The summed E-state index contributed by atoms with van der Waals surface area (Å²) in [6.45, 7) is 0.897. The highest BCUT2D eigenvalue weighted by atomic mass is 79.9. The molecule has 0 aromatic heterocycles. The number of fused-ring (bicyclic) bond motifs is 1. The zero-order chi connectivity index (χ0) is 13.0. The quantitative estimate of drug-likeness (QED) is 0.722. The van der Waals surface area contributed by atoms with Gasteiger partial charge in [0.15, 0.2) is 0 Å². The van der Waals surface area contributed by atoms with Gasteiger partial charge in [-0.1, -0.05) is 41.6 Å². The summed E-state index contributed by atoms with van der Waals surface area (Å²) in [5.74, 6) is 2.52. The summed E-state index contributed by atoms with van der Waals surface area (Å²) in [6, 6.07) is 0. The van der Waals surface area contributed by atoms with Crippen molar-refractivity contribution < 1.29 is 4.79 Å². The van der Waals surface area contributed by atoms with E-state index in [1.54, 1.807) is 0 Å². The average molecular weight is 316 g/mol. The van der Waals surface area contributed by atoms with Crippen LogP contribution in [0.25, 0.3) is 0 Å². The number of carbonyl (C=O) groups excluding carboxylic acids is 1. The molecule has 3 heteroatoms. The largest absolute Gasteiger partial charge is 0.345 e. The highest BCUT2D eigenvalue weighted by Crippen LogP contribution is 2.43. The topological polar surface area (TPSA) is 20.3 Å². The van der Waals surface area contributed by atoms with Crippen LogP contribution < -0.4 is 0 Å². The van der Waals surface area contributed by atoms with Crippen LogP contribution in [-0.2, 0) is 4.79 Å². The van der Waals surface area contributed by atoms with Crippen LogP contribution in [0, 0.1) is 17.8 Å². The smallest absolute Gasteiger partial charge is 0.225 e. The van der Waals surface area contributed by atoms with E-state index in [1.165, 1.54) is 38.5 Å². The maximum Gasteiger partial charge on any atom is 0.225 e. The minimum atomic E-state index is 0.324. The van der Waals surface area contributed by atoms with E-state index in [-0.39, 0.29) is 0 Å². The maximum atomic E-state index is 12.4. The molecular formula is C15H26BrNO. The third kappa shape index (κ3) is 3.49. The lowest BCUT2D eigenvalue weighted by Crippen LogP contribution is -2.38. The van der Waals surface area contributed by atoms with Crippen LogP contribution >= 0.6 is 15.9 Å². The molecule has 0 saturated heterocycles. The molecular weight excluding hydrogens is 290 g/mol. The normalized spacial score (nSPS) is 31.8. The zero-order valence-corrected chi connectivity index (χ0v) is 13.1. The third-order valence-corrected chi connectivity index (χ3v) is 5.45.